The van der Waals surface area contributed by atoms with Crippen LogP contribution < -0.4 is 15.4 Å². The van der Waals surface area contributed by atoms with Gasteiger partial charge in [0, 0.05) is 18.3 Å². The van der Waals surface area contributed by atoms with Crippen molar-refractivity contribution in [3.63, 3.8) is 0 Å². The molecule has 0 unspecified atom stereocenters. The number of halogens is 1. The number of guanidine groups is 1. The third-order valence-electron chi connectivity index (χ3n) is 3.85. The van der Waals surface area contributed by atoms with Crippen molar-refractivity contribution in [2.75, 3.05) is 13.7 Å². The summed E-state index contributed by atoms with van der Waals surface area (Å²) in [6.45, 7) is 3.50. The molecule has 3 aromatic rings. The number of fused-ring (bicyclic) bond motifs is 1. The number of ether oxygens (including phenoxy) is 1. The van der Waals surface area contributed by atoms with Gasteiger partial charge in [0.15, 0.2) is 28.9 Å². The summed E-state index contributed by atoms with van der Waals surface area (Å²) >= 11 is 0. The van der Waals surface area contributed by atoms with E-state index in [4.69, 9.17) is 4.74 Å². The average molecular weight is 482 g/mol. The zero-order chi connectivity index (χ0) is 18.4. The molecule has 0 spiro atoms. The van der Waals surface area contributed by atoms with Crippen molar-refractivity contribution in [3.05, 3.63) is 54.0 Å². The number of hydrogen-bond donors (Lipinski definition) is 3. The molecule has 0 saturated heterocycles. The first-order valence-corrected chi connectivity index (χ1v) is 8.38. The van der Waals surface area contributed by atoms with Crippen molar-refractivity contribution in [3.8, 4) is 11.5 Å². The summed E-state index contributed by atoms with van der Waals surface area (Å²) in [5.41, 5.74) is 1.49. The quantitative estimate of drug-likeness (QED) is 0.284. The molecule has 27 heavy (non-hydrogen) atoms. The average Bonchev–Trinajstić information content (AvgIpc) is 3.08. The number of pyridine rings is 1. The van der Waals surface area contributed by atoms with Crippen molar-refractivity contribution < 1.29 is 9.84 Å². The molecular weight excluding hydrogens is 459 g/mol. The number of aromatic hydroxyl groups is 1. The number of aromatic nitrogens is 3. The fourth-order valence-corrected chi connectivity index (χ4v) is 2.54. The molecule has 0 amide bonds. The molecule has 3 rings (SSSR count). The van der Waals surface area contributed by atoms with Crippen molar-refractivity contribution >= 4 is 35.6 Å². The second-order valence-corrected chi connectivity index (χ2v) is 5.56. The minimum Gasteiger partial charge on any atom is -0.504 e. The molecule has 1 aromatic carbocycles. The Balaban J connectivity index is 0.00000261. The maximum Gasteiger partial charge on any atom is 0.191 e. The Morgan fingerprint density at radius 1 is 1.19 bits per heavy atom. The lowest BCUT2D eigenvalue weighted by atomic mass is 10.2. The predicted octanol–water partition coefficient (Wildman–Crippen LogP) is 2.32. The molecule has 9 heteroatoms. The van der Waals surface area contributed by atoms with Crippen LogP contribution in [0.25, 0.3) is 5.65 Å². The summed E-state index contributed by atoms with van der Waals surface area (Å²) in [6, 6.07) is 11.1. The molecular formula is C18H23IN6O2. The minimum atomic E-state index is 0. The molecule has 2 heterocycles. The van der Waals surface area contributed by atoms with Gasteiger partial charge in [-0.3, -0.25) is 4.40 Å². The van der Waals surface area contributed by atoms with E-state index in [0.29, 0.717) is 30.4 Å². The summed E-state index contributed by atoms with van der Waals surface area (Å²) in [5.74, 6) is 1.96. The number of phenols is 1. The number of hydrogen-bond acceptors (Lipinski definition) is 5. The number of phenolic OH excluding ortho intramolecular Hbond substituents is 1. The molecule has 0 aliphatic carbocycles. The van der Waals surface area contributed by atoms with Gasteiger partial charge < -0.3 is 20.5 Å². The van der Waals surface area contributed by atoms with Gasteiger partial charge in [-0.2, -0.15) is 0 Å². The van der Waals surface area contributed by atoms with E-state index in [-0.39, 0.29) is 29.7 Å². The Labute approximate surface area is 174 Å². The van der Waals surface area contributed by atoms with Gasteiger partial charge in [-0.05, 0) is 25.1 Å². The fourth-order valence-electron chi connectivity index (χ4n) is 2.54. The Morgan fingerprint density at radius 3 is 2.81 bits per heavy atom. The van der Waals surface area contributed by atoms with Gasteiger partial charge in [0.2, 0.25) is 0 Å². The van der Waals surface area contributed by atoms with E-state index in [1.54, 1.807) is 6.07 Å². The molecule has 144 valence electrons. The van der Waals surface area contributed by atoms with Crippen LogP contribution in [0.15, 0.2) is 47.6 Å². The molecule has 0 fully saturated rings. The van der Waals surface area contributed by atoms with Gasteiger partial charge in [0.25, 0.3) is 0 Å². The Bertz CT molecular complexity index is 912. The molecule has 8 nitrogen and oxygen atoms in total. The van der Waals surface area contributed by atoms with Gasteiger partial charge in [0.05, 0.1) is 20.2 Å². The SMILES string of the molecule is CCNC(=NCc1cccc(OC)c1O)NCc1nnc2ccccn12.I. The number of nitrogens with one attached hydrogen (secondary N) is 2. The third kappa shape index (κ3) is 5.00. The van der Waals surface area contributed by atoms with E-state index >= 15 is 0 Å². The predicted molar refractivity (Wildman–Crippen MR) is 115 cm³/mol. The molecule has 2 aromatic heterocycles. The summed E-state index contributed by atoms with van der Waals surface area (Å²) in [4.78, 5) is 4.52. The highest BCUT2D eigenvalue weighted by atomic mass is 127. The molecule has 0 saturated carbocycles. The second kappa shape index (κ2) is 9.95. The van der Waals surface area contributed by atoms with Crippen LogP contribution in [0.3, 0.4) is 0 Å². The minimum absolute atomic E-state index is 0. The molecule has 0 bridgehead atoms. The van der Waals surface area contributed by atoms with Crippen molar-refractivity contribution in [2.24, 2.45) is 4.99 Å². The highest BCUT2D eigenvalue weighted by Crippen LogP contribution is 2.29. The molecule has 0 radical (unpaired) electrons. The zero-order valence-corrected chi connectivity index (χ0v) is 17.5. The molecule has 0 atom stereocenters. The van der Waals surface area contributed by atoms with Crippen LogP contribution in [0.4, 0.5) is 0 Å². The van der Waals surface area contributed by atoms with Gasteiger partial charge in [-0.1, -0.05) is 18.2 Å². The highest BCUT2D eigenvalue weighted by Gasteiger charge is 2.08. The smallest absolute Gasteiger partial charge is 0.191 e. The van der Waals surface area contributed by atoms with Crippen LogP contribution in [-0.4, -0.2) is 39.3 Å². The van der Waals surface area contributed by atoms with E-state index < -0.39 is 0 Å². The van der Waals surface area contributed by atoms with E-state index in [2.05, 4.69) is 25.8 Å². The maximum atomic E-state index is 10.2. The lowest BCUT2D eigenvalue weighted by molar-refractivity contribution is 0.370. The fraction of sp³-hybridized carbons (Fsp3) is 0.278. The van der Waals surface area contributed by atoms with Crippen molar-refractivity contribution in [2.45, 2.75) is 20.0 Å². The number of nitrogens with zero attached hydrogens (tertiary/aromatic N) is 4. The first kappa shape index (κ1) is 20.7. The maximum absolute atomic E-state index is 10.2. The van der Waals surface area contributed by atoms with Crippen LogP contribution in [0, 0.1) is 0 Å². The van der Waals surface area contributed by atoms with E-state index in [0.717, 1.165) is 18.0 Å². The molecule has 0 aliphatic heterocycles. The third-order valence-corrected chi connectivity index (χ3v) is 3.85. The van der Waals surface area contributed by atoms with Crippen molar-refractivity contribution in [1.82, 2.24) is 25.2 Å². The normalized spacial score (nSPS) is 11.1. The monoisotopic (exact) mass is 482 g/mol. The second-order valence-electron chi connectivity index (χ2n) is 5.56. The first-order chi connectivity index (χ1) is 12.7. The Morgan fingerprint density at radius 2 is 2.04 bits per heavy atom. The largest absolute Gasteiger partial charge is 0.504 e. The Hall–Kier alpha value is -2.56. The number of aliphatic imine (C=N–C) groups is 1. The standard InChI is InChI=1S/C18H22N6O2.HI/c1-3-19-18(20-11-13-7-6-8-14(26-2)17(13)25)21-12-16-23-22-15-9-4-5-10-24(15)16;/h4-10,25H,3,11-12H2,1-2H3,(H2,19,20,21);1H. The van der Waals surface area contributed by atoms with Crippen LogP contribution in [0.1, 0.15) is 18.3 Å². The van der Waals surface area contributed by atoms with Gasteiger partial charge in [-0.15, -0.1) is 34.2 Å². The number of benzene rings is 1. The van der Waals surface area contributed by atoms with E-state index in [1.807, 2.05) is 47.9 Å². The number of methoxy groups -OCH3 is 1. The van der Waals surface area contributed by atoms with Gasteiger partial charge >= 0.3 is 0 Å². The lowest BCUT2D eigenvalue weighted by Crippen LogP contribution is -2.37. The van der Waals surface area contributed by atoms with Crippen molar-refractivity contribution in [1.29, 1.82) is 0 Å². The molecule has 0 aliphatic rings. The summed E-state index contributed by atoms with van der Waals surface area (Å²) in [7, 11) is 1.52. The summed E-state index contributed by atoms with van der Waals surface area (Å²) in [6.07, 6.45) is 1.92. The lowest BCUT2D eigenvalue weighted by Gasteiger charge is -2.11. The van der Waals surface area contributed by atoms with Crippen LogP contribution in [-0.2, 0) is 13.1 Å². The highest BCUT2D eigenvalue weighted by molar-refractivity contribution is 14.0. The topological polar surface area (TPSA) is 96.1 Å². The van der Waals surface area contributed by atoms with Crippen LogP contribution in [0.5, 0.6) is 11.5 Å². The van der Waals surface area contributed by atoms with Gasteiger partial charge in [0.1, 0.15) is 0 Å². The number of para-hydroxylation sites is 1. The zero-order valence-electron chi connectivity index (χ0n) is 15.2. The van der Waals surface area contributed by atoms with Crippen LogP contribution >= 0.6 is 24.0 Å². The Kier molecular flexibility index (Phi) is 7.65. The summed E-state index contributed by atoms with van der Waals surface area (Å²) in [5, 5.41) is 24.9. The first-order valence-electron chi connectivity index (χ1n) is 8.38. The summed E-state index contributed by atoms with van der Waals surface area (Å²) < 4.78 is 7.05. The van der Waals surface area contributed by atoms with E-state index in [9.17, 15) is 5.11 Å². The number of rotatable bonds is 6. The van der Waals surface area contributed by atoms with Crippen LogP contribution in [0.2, 0.25) is 0 Å². The van der Waals surface area contributed by atoms with Gasteiger partial charge in [-0.25, -0.2) is 4.99 Å². The molecule has 3 N–H and O–H groups in total. The van der Waals surface area contributed by atoms with E-state index in [1.165, 1.54) is 7.11 Å².